The zero-order valence-electron chi connectivity index (χ0n) is 18.0. The number of hydrogen-bond acceptors (Lipinski definition) is 12. The zero-order chi connectivity index (χ0) is 22.9. The number of nitrogens with one attached hydrogen (secondary N) is 4. The molecule has 0 radical (unpaired) electrons. The van der Waals surface area contributed by atoms with Crippen molar-refractivity contribution in [3.63, 3.8) is 0 Å². The molecule has 32 heavy (non-hydrogen) atoms. The van der Waals surface area contributed by atoms with Gasteiger partial charge in [0.15, 0.2) is 0 Å². The van der Waals surface area contributed by atoms with Gasteiger partial charge in [-0.1, -0.05) is 12.1 Å². The predicted octanol–water partition coefficient (Wildman–Crippen LogP) is 1.22. The van der Waals surface area contributed by atoms with E-state index in [4.69, 9.17) is 5.11 Å². The second-order valence-electron chi connectivity index (χ2n) is 6.80. The standard InChI is InChI=1S/C19H25N11O2/c1-20-10-14-22-11-23-17(26-14)24-12-6-4-5-7-13(12)25-18-27-16(21-9-8-15(31)32)28-19(29-18)30(2)3/h4-7,11,20H,8-10H2,1-3H3,(H,31,32)(H,22,23,24,26)(H2,21,25,27,28,29). The van der Waals surface area contributed by atoms with E-state index in [-0.39, 0.29) is 18.9 Å². The lowest BCUT2D eigenvalue weighted by atomic mass is 10.2. The first-order valence-electron chi connectivity index (χ1n) is 9.79. The molecule has 3 rings (SSSR count). The molecule has 168 valence electrons. The summed E-state index contributed by atoms with van der Waals surface area (Å²) >= 11 is 0. The minimum Gasteiger partial charge on any atom is -0.481 e. The molecule has 3 aromatic rings. The smallest absolute Gasteiger partial charge is 0.305 e. The van der Waals surface area contributed by atoms with Crippen LogP contribution in [0.25, 0.3) is 0 Å². The first-order valence-corrected chi connectivity index (χ1v) is 9.79. The number of hydrogen-bond donors (Lipinski definition) is 5. The Hall–Kier alpha value is -4.13. The highest BCUT2D eigenvalue weighted by Gasteiger charge is 2.11. The number of aromatic nitrogens is 6. The molecule has 0 amide bonds. The van der Waals surface area contributed by atoms with Crippen LogP contribution in [0.3, 0.4) is 0 Å². The second kappa shape index (κ2) is 10.8. The molecule has 2 aromatic heterocycles. The van der Waals surface area contributed by atoms with Crippen LogP contribution in [-0.4, -0.2) is 68.7 Å². The topological polar surface area (TPSA) is 166 Å². The summed E-state index contributed by atoms with van der Waals surface area (Å²) in [4.78, 5) is 38.2. The lowest BCUT2D eigenvalue weighted by Crippen LogP contribution is -2.17. The van der Waals surface area contributed by atoms with Crippen molar-refractivity contribution < 1.29 is 9.90 Å². The second-order valence-corrected chi connectivity index (χ2v) is 6.80. The van der Waals surface area contributed by atoms with E-state index in [0.717, 1.165) is 0 Å². The van der Waals surface area contributed by atoms with Gasteiger partial charge in [-0.25, -0.2) is 9.97 Å². The third kappa shape index (κ3) is 6.43. The summed E-state index contributed by atoms with van der Waals surface area (Å²) in [5.41, 5.74) is 1.40. The van der Waals surface area contributed by atoms with Crippen molar-refractivity contribution in [2.24, 2.45) is 0 Å². The minimum atomic E-state index is -0.908. The molecule has 0 bridgehead atoms. The normalized spacial score (nSPS) is 10.5. The maximum absolute atomic E-state index is 10.8. The van der Waals surface area contributed by atoms with Crippen molar-refractivity contribution in [1.29, 1.82) is 0 Å². The number of nitrogens with zero attached hydrogens (tertiary/aromatic N) is 7. The van der Waals surface area contributed by atoms with Crippen LogP contribution < -0.4 is 26.2 Å². The largest absolute Gasteiger partial charge is 0.481 e. The van der Waals surface area contributed by atoms with E-state index in [1.807, 2.05) is 31.3 Å². The highest BCUT2D eigenvalue weighted by molar-refractivity contribution is 5.75. The molecular weight excluding hydrogens is 414 g/mol. The average molecular weight is 439 g/mol. The lowest BCUT2D eigenvalue weighted by molar-refractivity contribution is -0.136. The Morgan fingerprint density at radius 3 is 2.31 bits per heavy atom. The molecular formula is C19H25N11O2. The first-order chi connectivity index (χ1) is 15.4. The van der Waals surface area contributed by atoms with Gasteiger partial charge in [0.05, 0.1) is 24.3 Å². The maximum atomic E-state index is 10.8. The van der Waals surface area contributed by atoms with Crippen LogP contribution in [0.15, 0.2) is 30.6 Å². The fourth-order valence-corrected chi connectivity index (χ4v) is 2.56. The Balaban J connectivity index is 1.83. The van der Waals surface area contributed by atoms with E-state index in [2.05, 4.69) is 51.2 Å². The number of benzene rings is 1. The van der Waals surface area contributed by atoms with Gasteiger partial charge in [-0.2, -0.15) is 19.9 Å². The van der Waals surface area contributed by atoms with Gasteiger partial charge in [0.1, 0.15) is 12.2 Å². The van der Waals surface area contributed by atoms with Crippen molar-refractivity contribution >= 4 is 41.1 Å². The quantitative estimate of drug-likeness (QED) is 0.290. The van der Waals surface area contributed by atoms with Crippen LogP contribution in [0.2, 0.25) is 0 Å². The first kappa shape index (κ1) is 22.6. The van der Waals surface area contributed by atoms with E-state index in [0.29, 0.717) is 41.6 Å². The van der Waals surface area contributed by atoms with Crippen molar-refractivity contribution in [2.75, 3.05) is 48.5 Å². The van der Waals surface area contributed by atoms with E-state index in [1.54, 1.807) is 19.0 Å². The zero-order valence-corrected chi connectivity index (χ0v) is 18.0. The summed E-state index contributed by atoms with van der Waals surface area (Å²) < 4.78 is 0. The monoisotopic (exact) mass is 439 g/mol. The Morgan fingerprint density at radius 2 is 1.66 bits per heavy atom. The van der Waals surface area contributed by atoms with E-state index >= 15 is 0 Å². The van der Waals surface area contributed by atoms with Gasteiger partial charge in [-0.3, -0.25) is 4.79 Å². The number of carboxylic acids is 1. The van der Waals surface area contributed by atoms with Crippen molar-refractivity contribution in [3.05, 3.63) is 36.4 Å². The van der Waals surface area contributed by atoms with Crippen LogP contribution in [0.5, 0.6) is 0 Å². The molecule has 0 fully saturated rings. The van der Waals surface area contributed by atoms with Crippen LogP contribution in [-0.2, 0) is 11.3 Å². The minimum absolute atomic E-state index is 0.0556. The van der Waals surface area contributed by atoms with Crippen LogP contribution in [0.1, 0.15) is 12.2 Å². The van der Waals surface area contributed by atoms with Crippen molar-refractivity contribution in [3.8, 4) is 0 Å². The van der Waals surface area contributed by atoms with Gasteiger partial charge in [-0.05, 0) is 19.2 Å². The molecule has 0 aliphatic carbocycles. The van der Waals surface area contributed by atoms with E-state index < -0.39 is 5.97 Å². The molecule has 0 aliphatic rings. The summed E-state index contributed by atoms with van der Waals surface area (Å²) in [6.07, 6.45) is 1.39. The number of carbonyl (C=O) groups is 1. The number of aliphatic carboxylic acids is 1. The molecule has 5 N–H and O–H groups in total. The predicted molar refractivity (Wildman–Crippen MR) is 120 cm³/mol. The third-order valence-corrected chi connectivity index (χ3v) is 4.02. The summed E-state index contributed by atoms with van der Waals surface area (Å²) in [6.45, 7) is 0.713. The molecule has 13 heteroatoms. The Bertz CT molecular complexity index is 1060. The lowest BCUT2D eigenvalue weighted by Gasteiger charge is -2.16. The highest BCUT2D eigenvalue weighted by atomic mass is 16.4. The molecule has 13 nitrogen and oxygen atoms in total. The van der Waals surface area contributed by atoms with Gasteiger partial charge in [0, 0.05) is 20.6 Å². The molecule has 0 saturated heterocycles. The van der Waals surface area contributed by atoms with Crippen LogP contribution in [0.4, 0.5) is 35.2 Å². The maximum Gasteiger partial charge on any atom is 0.305 e. The Morgan fingerprint density at radius 1 is 0.969 bits per heavy atom. The number of rotatable bonds is 11. The summed E-state index contributed by atoms with van der Waals surface area (Å²) in [6, 6.07) is 7.47. The fraction of sp³-hybridized carbons (Fsp3) is 0.316. The highest BCUT2D eigenvalue weighted by Crippen LogP contribution is 2.26. The van der Waals surface area contributed by atoms with Crippen molar-refractivity contribution in [1.82, 2.24) is 35.2 Å². The fourth-order valence-electron chi connectivity index (χ4n) is 2.56. The number of carboxylic acid groups (broad SMARTS) is 1. The van der Waals surface area contributed by atoms with Crippen molar-refractivity contribution in [2.45, 2.75) is 13.0 Å². The Kier molecular flexibility index (Phi) is 7.59. The van der Waals surface area contributed by atoms with Gasteiger partial charge in [-0.15, -0.1) is 0 Å². The van der Waals surface area contributed by atoms with Gasteiger partial charge in [0.2, 0.25) is 23.8 Å². The molecule has 2 heterocycles. The third-order valence-electron chi connectivity index (χ3n) is 4.02. The van der Waals surface area contributed by atoms with Crippen LogP contribution >= 0.6 is 0 Å². The van der Waals surface area contributed by atoms with Gasteiger partial charge in [0.25, 0.3) is 0 Å². The van der Waals surface area contributed by atoms with Gasteiger partial charge >= 0.3 is 5.97 Å². The SMILES string of the molecule is CNCc1ncnc(Nc2ccccc2Nc2nc(NCCC(=O)O)nc(N(C)C)n2)n1. The van der Waals surface area contributed by atoms with Gasteiger partial charge < -0.3 is 31.3 Å². The number of para-hydroxylation sites is 2. The molecule has 0 spiro atoms. The molecule has 0 saturated carbocycles. The van der Waals surface area contributed by atoms with Crippen LogP contribution in [0, 0.1) is 0 Å². The average Bonchev–Trinajstić information content (AvgIpc) is 2.75. The molecule has 1 aromatic carbocycles. The molecule has 0 atom stereocenters. The Labute approximate surface area is 184 Å². The van der Waals surface area contributed by atoms with E-state index in [1.165, 1.54) is 6.33 Å². The molecule has 0 unspecified atom stereocenters. The summed E-state index contributed by atoms with van der Waals surface area (Å²) in [7, 11) is 5.43. The number of anilines is 6. The summed E-state index contributed by atoms with van der Waals surface area (Å²) in [5.74, 6) is 1.09. The summed E-state index contributed by atoms with van der Waals surface area (Å²) in [5, 5.41) is 21.1. The van der Waals surface area contributed by atoms with E-state index in [9.17, 15) is 4.79 Å². The molecule has 0 aliphatic heterocycles.